The quantitative estimate of drug-likeness (QED) is 0.481. The molecule has 0 spiro atoms. The molecular weight excluding hydrogens is 430 g/mol. The zero-order chi connectivity index (χ0) is 21.6. The standard InChI is InChI=1S/C19H15N3O6S2/c1-30(27,28)13-4-2-12(3-5-13)22-10-11(8-20-22)9-21-14-6-7-29-17(14)15(19(25)26)16(23)18(21)24/h2-8,10,23H,9H2,1H3,(H,25,26). The second-order valence-corrected chi connectivity index (χ2v) is 9.55. The number of aromatic carboxylic acids is 1. The van der Waals surface area contributed by atoms with E-state index in [1.165, 1.54) is 27.6 Å². The summed E-state index contributed by atoms with van der Waals surface area (Å²) in [4.78, 5) is 24.2. The van der Waals surface area contributed by atoms with Gasteiger partial charge in [-0.05, 0) is 35.7 Å². The Hall–Kier alpha value is -3.44. The first kappa shape index (κ1) is 19.9. The van der Waals surface area contributed by atoms with E-state index in [4.69, 9.17) is 0 Å². The minimum Gasteiger partial charge on any atom is -0.502 e. The van der Waals surface area contributed by atoms with Gasteiger partial charge in [0.1, 0.15) is 5.56 Å². The molecule has 0 radical (unpaired) electrons. The third kappa shape index (κ3) is 3.37. The molecule has 154 valence electrons. The number of hydrogen-bond donors (Lipinski definition) is 2. The van der Waals surface area contributed by atoms with Gasteiger partial charge in [-0.2, -0.15) is 5.10 Å². The highest BCUT2D eigenvalue weighted by molar-refractivity contribution is 7.90. The lowest BCUT2D eigenvalue weighted by Gasteiger charge is -2.09. The third-order valence-electron chi connectivity index (χ3n) is 4.57. The lowest BCUT2D eigenvalue weighted by Crippen LogP contribution is -2.22. The summed E-state index contributed by atoms with van der Waals surface area (Å²) in [6.07, 6.45) is 4.33. The maximum absolute atomic E-state index is 12.6. The van der Waals surface area contributed by atoms with Gasteiger partial charge in [-0.25, -0.2) is 17.9 Å². The van der Waals surface area contributed by atoms with E-state index in [1.54, 1.807) is 29.8 Å². The van der Waals surface area contributed by atoms with Crippen LogP contribution in [0.3, 0.4) is 0 Å². The number of carboxylic acid groups (broad SMARTS) is 1. The molecule has 0 saturated carbocycles. The number of carboxylic acids is 1. The molecule has 0 fully saturated rings. The first-order valence-electron chi connectivity index (χ1n) is 8.57. The van der Waals surface area contributed by atoms with E-state index in [9.17, 15) is 28.2 Å². The van der Waals surface area contributed by atoms with Crippen molar-refractivity contribution in [1.82, 2.24) is 14.3 Å². The van der Waals surface area contributed by atoms with E-state index in [2.05, 4.69) is 5.10 Å². The van der Waals surface area contributed by atoms with Gasteiger partial charge in [-0.15, -0.1) is 11.3 Å². The molecule has 0 atom stereocenters. The Labute approximate surface area is 174 Å². The van der Waals surface area contributed by atoms with Gasteiger partial charge < -0.3 is 10.2 Å². The van der Waals surface area contributed by atoms with Crippen LogP contribution in [0.2, 0.25) is 0 Å². The number of fused-ring (bicyclic) bond motifs is 1. The minimum absolute atomic E-state index is 0.0704. The highest BCUT2D eigenvalue weighted by Crippen LogP contribution is 2.29. The monoisotopic (exact) mass is 445 g/mol. The molecule has 0 amide bonds. The fourth-order valence-electron chi connectivity index (χ4n) is 3.12. The van der Waals surface area contributed by atoms with Crippen molar-refractivity contribution < 1.29 is 23.4 Å². The number of pyridine rings is 1. The van der Waals surface area contributed by atoms with Crippen LogP contribution in [0, 0.1) is 0 Å². The molecule has 0 aliphatic carbocycles. The van der Waals surface area contributed by atoms with Gasteiger partial charge in [0.2, 0.25) is 0 Å². The summed E-state index contributed by atoms with van der Waals surface area (Å²) in [7, 11) is -3.30. The number of hydrogen-bond acceptors (Lipinski definition) is 7. The van der Waals surface area contributed by atoms with E-state index >= 15 is 0 Å². The predicted octanol–water partition coefficient (Wildman–Crippen LogP) is 2.10. The van der Waals surface area contributed by atoms with Gasteiger partial charge in [0, 0.05) is 18.0 Å². The summed E-state index contributed by atoms with van der Waals surface area (Å²) in [6.45, 7) is 0.0704. The van der Waals surface area contributed by atoms with Crippen LogP contribution in [-0.4, -0.2) is 45.2 Å². The van der Waals surface area contributed by atoms with Crippen molar-refractivity contribution in [1.29, 1.82) is 0 Å². The smallest absolute Gasteiger partial charge is 0.341 e. The van der Waals surface area contributed by atoms with Crippen LogP contribution >= 0.6 is 11.3 Å². The molecule has 0 saturated heterocycles. The van der Waals surface area contributed by atoms with Gasteiger partial charge >= 0.3 is 5.97 Å². The molecule has 0 aliphatic heterocycles. The molecule has 3 heterocycles. The molecule has 4 rings (SSSR count). The maximum atomic E-state index is 12.6. The Morgan fingerprint density at radius 3 is 2.53 bits per heavy atom. The maximum Gasteiger partial charge on any atom is 0.341 e. The van der Waals surface area contributed by atoms with Crippen molar-refractivity contribution in [3.8, 4) is 11.4 Å². The van der Waals surface area contributed by atoms with E-state index in [0.717, 1.165) is 17.6 Å². The molecule has 11 heteroatoms. The molecule has 3 aromatic heterocycles. The van der Waals surface area contributed by atoms with Gasteiger partial charge in [-0.1, -0.05) is 0 Å². The molecule has 30 heavy (non-hydrogen) atoms. The molecule has 9 nitrogen and oxygen atoms in total. The second kappa shape index (κ2) is 7.11. The Kier molecular flexibility index (Phi) is 4.71. The SMILES string of the molecule is CS(=O)(=O)c1ccc(-n2cc(Cn3c(=O)c(O)c(C(=O)O)c4sccc43)cn2)cc1. The fourth-order valence-corrected chi connectivity index (χ4v) is 4.69. The van der Waals surface area contributed by atoms with Crippen LogP contribution in [0.15, 0.2) is 57.8 Å². The number of aromatic nitrogens is 3. The molecule has 0 aliphatic rings. The number of rotatable bonds is 5. The number of carbonyl (C=O) groups is 1. The van der Waals surface area contributed by atoms with E-state index in [1.807, 2.05) is 0 Å². The highest BCUT2D eigenvalue weighted by atomic mass is 32.2. The summed E-state index contributed by atoms with van der Waals surface area (Å²) >= 11 is 1.12. The van der Waals surface area contributed by atoms with Crippen molar-refractivity contribution in [2.24, 2.45) is 0 Å². The third-order valence-corrected chi connectivity index (χ3v) is 6.62. The van der Waals surface area contributed by atoms with E-state index < -0.39 is 32.7 Å². The number of thiophene rings is 1. The van der Waals surface area contributed by atoms with Gasteiger partial charge in [0.05, 0.1) is 33.5 Å². The lowest BCUT2D eigenvalue weighted by atomic mass is 10.2. The Bertz CT molecular complexity index is 1450. The van der Waals surface area contributed by atoms with Crippen LogP contribution in [-0.2, 0) is 16.4 Å². The Morgan fingerprint density at radius 2 is 1.90 bits per heavy atom. The largest absolute Gasteiger partial charge is 0.502 e. The summed E-state index contributed by atoms with van der Waals surface area (Å²) in [6, 6.07) is 7.82. The summed E-state index contributed by atoms with van der Waals surface area (Å²) in [5.74, 6) is -2.17. The van der Waals surface area contributed by atoms with Crippen LogP contribution < -0.4 is 5.56 Å². The first-order chi connectivity index (χ1) is 14.2. The average Bonchev–Trinajstić information content (AvgIpc) is 3.34. The minimum atomic E-state index is -3.30. The summed E-state index contributed by atoms with van der Waals surface area (Å²) < 4.78 is 26.3. The van der Waals surface area contributed by atoms with Crippen molar-refractivity contribution in [3.63, 3.8) is 0 Å². The lowest BCUT2D eigenvalue weighted by molar-refractivity contribution is 0.0695. The van der Waals surface area contributed by atoms with Gasteiger partial charge in [0.25, 0.3) is 5.56 Å². The highest BCUT2D eigenvalue weighted by Gasteiger charge is 2.22. The Balaban J connectivity index is 1.71. The zero-order valence-corrected chi connectivity index (χ0v) is 17.1. The summed E-state index contributed by atoms with van der Waals surface area (Å²) in [5.41, 5.74) is 0.474. The number of nitrogens with zero attached hydrogens (tertiary/aromatic N) is 3. The molecule has 4 aromatic rings. The normalized spacial score (nSPS) is 11.8. The van der Waals surface area contributed by atoms with E-state index in [0.29, 0.717) is 21.5 Å². The van der Waals surface area contributed by atoms with Gasteiger partial charge in [-0.3, -0.25) is 9.36 Å². The topological polar surface area (TPSA) is 131 Å². The van der Waals surface area contributed by atoms with Crippen LogP contribution in [0.25, 0.3) is 15.9 Å². The zero-order valence-electron chi connectivity index (χ0n) is 15.5. The predicted molar refractivity (Wildman–Crippen MR) is 110 cm³/mol. The van der Waals surface area contributed by atoms with Crippen LogP contribution in [0.5, 0.6) is 5.75 Å². The summed E-state index contributed by atoms with van der Waals surface area (Å²) in [5, 5.41) is 25.4. The molecule has 0 bridgehead atoms. The van der Waals surface area contributed by atoms with Crippen molar-refractivity contribution >= 4 is 37.4 Å². The number of sulfone groups is 1. The van der Waals surface area contributed by atoms with Crippen LogP contribution in [0.1, 0.15) is 15.9 Å². The molecule has 0 unspecified atom stereocenters. The second-order valence-electron chi connectivity index (χ2n) is 6.61. The number of aromatic hydroxyl groups is 1. The Morgan fingerprint density at radius 1 is 1.20 bits per heavy atom. The number of benzene rings is 1. The molecule has 2 N–H and O–H groups in total. The van der Waals surface area contributed by atoms with Crippen molar-refractivity contribution in [2.75, 3.05) is 6.26 Å². The molecule has 1 aromatic carbocycles. The average molecular weight is 445 g/mol. The first-order valence-corrected chi connectivity index (χ1v) is 11.3. The van der Waals surface area contributed by atoms with Crippen molar-refractivity contribution in [3.05, 3.63) is 69.6 Å². The van der Waals surface area contributed by atoms with Gasteiger partial charge in [0.15, 0.2) is 15.6 Å². The fraction of sp³-hybridized carbons (Fsp3) is 0.105. The molecular formula is C19H15N3O6S2. The van der Waals surface area contributed by atoms with Crippen LogP contribution in [0.4, 0.5) is 0 Å². The van der Waals surface area contributed by atoms with E-state index in [-0.39, 0.29) is 11.4 Å². The van der Waals surface area contributed by atoms with Crippen molar-refractivity contribution in [2.45, 2.75) is 11.4 Å².